The first kappa shape index (κ1) is 7.08. The van der Waals surface area contributed by atoms with E-state index >= 15 is 0 Å². The highest BCUT2D eigenvalue weighted by Gasteiger charge is 2.06. The van der Waals surface area contributed by atoms with Crippen LogP contribution in [0.15, 0.2) is 4.42 Å². The molecule has 1 rings (SSSR count). The lowest BCUT2D eigenvalue weighted by Gasteiger charge is -1.87. The van der Waals surface area contributed by atoms with Gasteiger partial charge in [0, 0.05) is 0 Å². The molecule has 0 aliphatic heterocycles. The SMILES string of the molecule is COc1nc(C)c(CO)o1. The summed E-state index contributed by atoms with van der Waals surface area (Å²) in [6, 6.07) is 0. The summed E-state index contributed by atoms with van der Waals surface area (Å²) in [5.74, 6) is 0.455. The molecule has 56 valence electrons. The summed E-state index contributed by atoms with van der Waals surface area (Å²) < 4.78 is 9.62. The topological polar surface area (TPSA) is 55.5 Å². The second-order valence-electron chi connectivity index (χ2n) is 1.85. The van der Waals surface area contributed by atoms with E-state index in [1.807, 2.05) is 0 Å². The van der Waals surface area contributed by atoms with Gasteiger partial charge in [0.1, 0.15) is 6.61 Å². The first-order valence-electron chi connectivity index (χ1n) is 2.89. The standard InChI is InChI=1S/C6H9NO3/c1-4-5(3-8)10-6(7-4)9-2/h8H,3H2,1-2H3. The summed E-state index contributed by atoms with van der Waals surface area (Å²) in [4.78, 5) is 3.85. The number of rotatable bonds is 2. The van der Waals surface area contributed by atoms with Gasteiger partial charge in [0.25, 0.3) is 0 Å². The number of ether oxygens (including phenoxy) is 1. The van der Waals surface area contributed by atoms with Crippen LogP contribution in [0.4, 0.5) is 0 Å². The van der Waals surface area contributed by atoms with Crippen LogP contribution in [0.2, 0.25) is 0 Å². The zero-order chi connectivity index (χ0) is 7.56. The van der Waals surface area contributed by atoms with Gasteiger partial charge in [-0.2, -0.15) is 4.98 Å². The highest BCUT2D eigenvalue weighted by atomic mass is 16.6. The van der Waals surface area contributed by atoms with Gasteiger partial charge in [-0.05, 0) is 6.92 Å². The number of oxazole rings is 1. The van der Waals surface area contributed by atoms with Crippen molar-refractivity contribution < 1.29 is 14.3 Å². The van der Waals surface area contributed by atoms with Gasteiger partial charge < -0.3 is 14.3 Å². The van der Waals surface area contributed by atoms with E-state index in [1.54, 1.807) is 6.92 Å². The first-order chi connectivity index (χ1) is 4.77. The van der Waals surface area contributed by atoms with Crippen LogP contribution in [0.5, 0.6) is 6.08 Å². The van der Waals surface area contributed by atoms with Crippen LogP contribution < -0.4 is 4.74 Å². The van der Waals surface area contributed by atoms with Crippen LogP contribution in [0.1, 0.15) is 11.5 Å². The van der Waals surface area contributed by atoms with E-state index in [0.29, 0.717) is 11.5 Å². The summed E-state index contributed by atoms with van der Waals surface area (Å²) in [5, 5.41) is 8.64. The number of aliphatic hydroxyl groups is 1. The van der Waals surface area contributed by atoms with Gasteiger partial charge in [-0.15, -0.1) is 0 Å². The average molecular weight is 143 g/mol. The Labute approximate surface area is 58.4 Å². The summed E-state index contributed by atoms with van der Waals surface area (Å²) >= 11 is 0. The molecule has 0 unspecified atom stereocenters. The van der Waals surface area contributed by atoms with E-state index in [-0.39, 0.29) is 12.7 Å². The molecule has 0 aliphatic carbocycles. The number of aryl methyl sites for hydroxylation is 1. The summed E-state index contributed by atoms with van der Waals surface area (Å²) in [5.41, 5.74) is 0.666. The monoisotopic (exact) mass is 143 g/mol. The van der Waals surface area contributed by atoms with Gasteiger partial charge in [-0.25, -0.2) is 0 Å². The molecule has 0 aromatic carbocycles. The second-order valence-corrected chi connectivity index (χ2v) is 1.85. The molecular formula is C6H9NO3. The second kappa shape index (κ2) is 2.70. The zero-order valence-corrected chi connectivity index (χ0v) is 5.92. The number of aliphatic hydroxyl groups excluding tert-OH is 1. The molecule has 0 fully saturated rings. The minimum Gasteiger partial charge on any atom is -0.454 e. The third kappa shape index (κ3) is 1.11. The first-order valence-corrected chi connectivity index (χ1v) is 2.89. The number of methoxy groups -OCH3 is 1. The van der Waals surface area contributed by atoms with Crippen LogP contribution in [0.25, 0.3) is 0 Å². The fraction of sp³-hybridized carbons (Fsp3) is 0.500. The number of aromatic nitrogens is 1. The third-order valence-electron chi connectivity index (χ3n) is 1.19. The van der Waals surface area contributed by atoms with Crippen LogP contribution in [0, 0.1) is 6.92 Å². The van der Waals surface area contributed by atoms with Crippen LogP contribution in [0.3, 0.4) is 0 Å². The molecule has 0 saturated carbocycles. The Morgan fingerprint density at radius 2 is 2.40 bits per heavy atom. The molecule has 1 N–H and O–H groups in total. The Morgan fingerprint density at radius 3 is 2.70 bits per heavy atom. The van der Waals surface area contributed by atoms with Crippen molar-refractivity contribution in [1.82, 2.24) is 4.98 Å². The zero-order valence-electron chi connectivity index (χ0n) is 5.92. The van der Waals surface area contributed by atoms with Crippen molar-refractivity contribution in [3.05, 3.63) is 11.5 Å². The molecule has 0 spiro atoms. The third-order valence-corrected chi connectivity index (χ3v) is 1.19. The molecule has 0 radical (unpaired) electrons. The van der Waals surface area contributed by atoms with Gasteiger partial charge in [0.15, 0.2) is 5.76 Å². The molecule has 10 heavy (non-hydrogen) atoms. The van der Waals surface area contributed by atoms with Crippen molar-refractivity contribution in [3.8, 4) is 6.08 Å². The summed E-state index contributed by atoms with van der Waals surface area (Å²) in [7, 11) is 1.46. The van der Waals surface area contributed by atoms with E-state index in [4.69, 9.17) is 9.52 Å². The van der Waals surface area contributed by atoms with Crippen molar-refractivity contribution in [3.63, 3.8) is 0 Å². The van der Waals surface area contributed by atoms with Gasteiger partial charge in [0.05, 0.1) is 12.8 Å². The molecule has 1 aromatic heterocycles. The van der Waals surface area contributed by atoms with E-state index in [9.17, 15) is 0 Å². The number of hydrogen-bond acceptors (Lipinski definition) is 4. The molecule has 1 heterocycles. The van der Waals surface area contributed by atoms with Gasteiger partial charge >= 0.3 is 6.08 Å². The maximum Gasteiger partial charge on any atom is 0.393 e. The molecule has 4 nitrogen and oxygen atoms in total. The Balaban J connectivity index is 2.92. The van der Waals surface area contributed by atoms with E-state index < -0.39 is 0 Å². The molecule has 0 bridgehead atoms. The maximum atomic E-state index is 8.64. The normalized spacial score (nSPS) is 9.90. The smallest absolute Gasteiger partial charge is 0.393 e. The van der Waals surface area contributed by atoms with E-state index in [2.05, 4.69) is 9.72 Å². The van der Waals surface area contributed by atoms with Gasteiger partial charge in [-0.1, -0.05) is 0 Å². The van der Waals surface area contributed by atoms with Crippen LogP contribution in [-0.4, -0.2) is 17.2 Å². The van der Waals surface area contributed by atoms with Gasteiger partial charge in [-0.3, -0.25) is 0 Å². The predicted octanol–water partition coefficient (Wildman–Crippen LogP) is 0.484. The quantitative estimate of drug-likeness (QED) is 0.654. The van der Waals surface area contributed by atoms with E-state index in [0.717, 1.165) is 0 Å². The number of nitrogens with zero attached hydrogens (tertiary/aromatic N) is 1. The Hall–Kier alpha value is -1.03. The molecule has 1 aromatic rings. The molecule has 0 amide bonds. The minimum absolute atomic E-state index is 0.137. The largest absolute Gasteiger partial charge is 0.454 e. The summed E-state index contributed by atoms with van der Waals surface area (Å²) in [6.07, 6.45) is 0.196. The Kier molecular flexibility index (Phi) is 1.91. The van der Waals surface area contributed by atoms with Crippen LogP contribution >= 0.6 is 0 Å². The highest BCUT2D eigenvalue weighted by molar-refractivity contribution is 5.08. The molecule has 0 saturated heterocycles. The molecule has 0 aliphatic rings. The lowest BCUT2D eigenvalue weighted by atomic mass is 10.4. The molecular weight excluding hydrogens is 134 g/mol. The highest BCUT2D eigenvalue weighted by Crippen LogP contribution is 2.14. The minimum atomic E-state index is -0.137. The number of hydrogen-bond donors (Lipinski definition) is 1. The average Bonchev–Trinajstić information content (AvgIpc) is 2.30. The Morgan fingerprint density at radius 1 is 1.70 bits per heavy atom. The van der Waals surface area contributed by atoms with Crippen molar-refractivity contribution in [2.24, 2.45) is 0 Å². The molecule has 0 atom stereocenters. The van der Waals surface area contributed by atoms with Crippen molar-refractivity contribution in [2.45, 2.75) is 13.5 Å². The lowest BCUT2D eigenvalue weighted by molar-refractivity contribution is 0.220. The predicted molar refractivity (Wildman–Crippen MR) is 33.7 cm³/mol. The Bertz CT molecular complexity index is 219. The van der Waals surface area contributed by atoms with Crippen LogP contribution in [-0.2, 0) is 6.61 Å². The molecule has 4 heteroatoms. The van der Waals surface area contributed by atoms with Crippen molar-refractivity contribution >= 4 is 0 Å². The fourth-order valence-corrected chi connectivity index (χ4v) is 0.635. The maximum absolute atomic E-state index is 8.64. The van der Waals surface area contributed by atoms with Crippen molar-refractivity contribution in [2.75, 3.05) is 7.11 Å². The lowest BCUT2D eigenvalue weighted by Crippen LogP contribution is -1.81. The fourth-order valence-electron chi connectivity index (χ4n) is 0.635. The van der Waals surface area contributed by atoms with E-state index in [1.165, 1.54) is 7.11 Å². The van der Waals surface area contributed by atoms with Crippen molar-refractivity contribution in [1.29, 1.82) is 0 Å². The van der Waals surface area contributed by atoms with Gasteiger partial charge in [0.2, 0.25) is 0 Å². The summed E-state index contributed by atoms with van der Waals surface area (Å²) in [6.45, 7) is 1.61.